The van der Waals surface area contributed by atoms with Gasteiger partial charge >= 0.3 is 0 Å². The maximum Gasteiger partial charge on any atom is 0.263 e. The van der Waals surface area contributed by atoms with Crippen LogP contribution in [0.5, 0.6) is 0 Å². The minimum absolute atomic E-state index is 0.464. The number of hydrogen-bond acceptors (Lipinski definition) is 4. The largest absolute Gasteiger partial charge is 0.313 e. The average molecular weight is 355 g/mol. The fourth-order valence-corrected chi connectivity index (χ4v) is 5.09. The second-order valence-corrected chi connectivity index (χ2v) is 9.00. The SMILES string of the molecule is CC1(S(=O)(=O)n2ncc3ccccc32)C=CC=C(C2=CCNCC2)C1. The zero-order valence-electron chi connectivity index (χ0n) is 14.1. The summed E-state index contributed by atoms with van der Waals surface area (Å²) in [7, 11) is -3.68. The minimum atomic E-state index is -3.68. The van der Waals surface area contributed by atoms with E-state index in [-0.39, 0.29) is 0 Å². The van der Waals surface area contributed by atoms with Crippen molar-refractivity contribution < 1.29 is 8.42 Å². The second-order valence-electron chi connectivity index (χ2n) is 6.78. The molecule has 0 bridgehead atoms. The van der Waals surface area contributed by atoms with Crippen molar-refractivity contribution in [2.45, 2.75) is 24.5 Å². The summed E-state index contributed by atoms with van der Waals surface area (Å²) in [6, 6.07) is 7.38. The Hall–Kier alpha value is -2.18. The van der Waals surface area contributed by atoms with Gasteiger partial charge in [0, 0.05) is 11.9 Å². The highest BCUT2D eigenvalue weighted by atomic mass is 32.2. The lowest BCUT2D eigenvalue weighted by Gasteiger charge is -2.31. The van der Waals surface area contributed by atoms with Gasteiger partial charge in [-0.1, -0.05) is 42.5 Å². The molecule has 1 aromatic heterocycles. The first-order valence-electron chi connectivity index (χ1n) is 8.48. The molecule has 0 saturated heterocycles. The van der Waals surface area contributed by atoms with Gasteiger partial charge in [-0.25, -0.2) is 8.42 Å². The maximum atomic E-state index is 13.4. The van der Waals surface area contributed by atoms with Crippen molar-refractivity contribution in [1.29, 1.82) is 0 Å². The van der Waals surface area contributed by atoms with Crippen LogP contribution in [0.25, 0.3) is 10.9 Å². The zero-order valence-corrected chi connectivity index (χ0v) is 15.0. The van der Waals surface area contributed by atoms with Crippen LogP contribution in [0.3, 0.4) is 0 Å². The fraction of sp³-hybridized carbons (Fsp3) is 0.316. The van der Waals surface area contributed by atoms with Gasteiger partial charge in [-0.2, -0.15) is 9.19 Å². The molecule has 0 spiro atoms. The molecule has 2 aromatic rings. The van der Waals surface area contributed by atoms with Crippen LogP contribution in [0.2, 0.25) is 0 Å². The van der Waals surface area contributed by atoms with Crippen molar-refractivity contribution in [3.05, 3.63) is 65.9 Å². The van der Waals surface area contributed by atoms with Crippen molar-refractivity contribution in [1.82, 2.24) is 14.5 Å². The molecule has 1 aliphatic carbocycles. The lowest BCUT2D eigenvalue weighted by atomic mass is 9.88. The highest BCUT2D eigenvalue weighted by Gasteiger charge is 2.41. The molecule has 1 unspecified atom stereocenters. The summed E-state index contributed by atoms with van der Waals surface area (Å²) in [5, 5.41) is 8.29. The molecular weight excluding hydrogens is 334 g/mol. The molecule has 1 aliphatic heterocycles. The molecule has 2 heterocycles. The van der Waals surface area contributed by atoms with Crippen LogP contribution in [0, 0.1) is 0 Å². The average Bonchev–Trinajstić information content (AvgIpc) is 3.07. The number of fused-ring (bicyclic) bond motifs is 1. The summed E-state index contributed by atoms with van der Waals surface area (Å²) in [6.07, 6.45) is 10.8. The fourth-order valence-electron chi connectivity index (χ4n) is 3.51. The summed E-state index contributed by atoms with van der Waals surface area (Å²) in [5.74, 6) is 0. The lowest BCUT2D eigenvalue weighted by molar-refractivity contribution is 0.544. The van der Waals surface area contributed by atoms with E-state index >= 15 is 0 Å². The number of aromatic nitrogens is 2. The third-order valence-electron chi connectivity index (χ3n) is 5.03. The molecule has 4 rings (SSSR count). The Morgan fingerprint density at radius 3 is 2.88 bits per heavy atom. The highest BCUT2D eigenvalue weighted by Crippen LogP contribution is 2.36. The number of benzene rings is 1. The molecule has 0 fully saturated rings. The number of nitrogens with one attached hydrogen (secondary N) is 1. The molecule has 25 heavy (non-hydrogen) atoms. The molecule has 6 heteroatoms. The molecule has 2 aliphatic rings. The van der Waals surface area contributed by atoms with Crippen LogP contribution in [0.4, 0.5) is 0 Å². The molecule has 0 amide bonds. The van der Waals surface area contributed by atoms with Crippen molar-refractivity contribution in [3.8, 4) is 0 Å². The van der Waals surface area contributed by atoms with Gasteiger partial charge in [-0.05, 0) is 43.5 Å². The van der Waals surface area contributed by atoms with Gasteiger partial charge in [-0.15, -0.1) is 0 Å². The normalized spacial score (nSPS) is 24.2. The van der Waals surface area contributed by atoms with Gasteiger partial charge in [0.1, 0.15) is 4.75 Å². The van der Waals surface area contributed by atoms with Crippen LogP contribution in [-0.4, -0.2) is 35.4 Å². The predicted octanol–water partition coefficient (Wildman–Crippen LogP) is 2.78. The Morgan fingerprint density at radius 1 is 1.24 bits per heavy atom. The standard InChI is InChI=1S/C19H21N3O2S/c1-19(10-4-6-16(13-19)15-8-11-20-12-9-15)25(23,24)22-18-7-3-2-5-17(18)14-21-22/h2-8,10,14,20H,9,11-13H2,1H3. The molecule has 5 nitrogen and oxygen atoms in total. The summed E-state index contributed by atoms with van der Waals surface area (Å²) in [6.45, 7) is 3.55. The van der Waals surface area contributed by atoms with Gasteiger partial charge in [-0.3, -0.25) is 0 Å². The third-order valence-corrected chi connectivity index (χ3v) is 7.23. The van der Waals surface area contributed by atoms with Crippen molar-refractivity contribution in [2.24, 2.45) is 0 Å². The third kappa shape index (κ3) is 2.65. The van der Waals surface area contributed by atoms with E-state index < -0.39 is 14.8 Å². The molecule has 0 saturated carbocycles. The first kappa shape index (κ1) is 16.3. The van der Waals surface area contributed by atoms with Crippen LogP contribution in [0.1, 0.15) is 19.8 Å². The molecule has 0 radical (unpaired) electrons. The monoisotopic (exact) mass is 355 g/mol. The number of nitrogens with zero attached hydrogens (tertiary/aromatic N) is 2. The topological polar surface area (TPSA) is 64.0 Å². The number of rotatable bonds is 3. The number of allylic oxidation sites excluding steroid dienone is 3. The summed E-state index contributed by atoms with van der Waals surface area (Å²) in [4.78, 5) is 0. The van der Waals surface area contributed by atoms with E-state index in [0.717, 1.165) is 30.5 Å². The first-order valence-corrected chi connectivity index (χ1v) is 9.92. The molecule has 130 valence electrons. The van der Waals surface area contributed by atoms with Gasteiger partial charge < -0.3 is 5.32 Å². The van der Waals surface area contributed by atoms with E-state index in [0.29, 0.717) is 11.9 Å². The predicted molar refractivity (Wildman–Crippen MR) is 99.9 cm³/mol. The van der Waals surface area contributed by atoms with E-state index in [1.165, 1.54) is 9.66 Å². The van der Waals surface area contributed by atoms with E-state index in [1.807, 2.05) is 30.4 Å². The van der Waals surface area contributed by atoms with E-state index in [2.05, 4.69) is 16.5 Å². The van der Waals surface area contributed by atoms with Crippen molar-refractivity contribution in [2.75, 3.05) is 13.1 Å². The molecular formula is C19H21N3O2S. The van der Waals surface area contributed by atoms with Crippen molar-refractivity contribution >= 4 is 20.9 Å². The molecule has 1 aromatic carbocycles. The Kier molecular flexibility index (Phi) is 3.89. The lowest BCUT2D eigenvalue weighted by Crippen LogP contribution is -2.40. The Bertz CT molecular complexity index is 1010. The quantitative estimate of drug-likeness (QED) is 0.919. The maximum absolute atomic E-state index is 13.4. The number of hydrogen-bond donors (Lipinski definition) is 1. The van der Waals surface area contributed by atoms with Crippen LogP contribution < -0.4 is 5.32 Å². The highest BCUT2D eigenvalue weighted by molar-refractivity contribution is 7.91. The molecule has 1 atom stereocenters. The first-order chi connectivity index (χ1) is 12.0. The Morgan fingerprint density at radius 2 is 2.08 bits per heavy atom. The Labute approximate surface area is 147 Å². The van der Waals surface area contributed by atoms with Crippen LogP contribution in [0.15, 0.2) is 65.9 Å². The van der Waals surface area contributed by atoms with Gasteiger partial charge in [0.25, 0.3) is 10.0 Å². The zero-order chi connectivity index (χ0) is 17.5. The summed E-state index contributed by atoms with van der Waals surface area (Å²) in [5.41, 5.74) is 2.97. The minimum Gasteiger partial charge on any atom is -0.313 e. The van der Waals surface area contributed by atoms with Crippen LogP contribution >= 0.6 is 0 Å². The second kappa shape index (κ2) is 5.97. The van der Waals surface area contributed by atoms with E-state index in [9.17, 15) is 8.42 Å². The molecule has 1 N–H and O–H groups in total. The van der Waals surface area contributed by atoms with Gasteiger partial charge in [0.15, 0.2) is 0 Å². The summed E-state index contributed by atoms with van der Waals surface area (Å²) < 4.78 is 27.0. The Balaban J connectivity index is 1.74. The van der Waals surface area contributed by atoms with Gasteiger partial charge in [0.2, 0.25) is 0 Å². The van der Waals surface area contributed by atoms with Gasteiger partial charge in [0.05, 0.1) is 11.7 Å². The smallest absolute Gasteiger partial charge is 0.263 e. The van der Waals surface area contributed by atoms with E-state index in [1.54, 1.807) is 25.3 Å². The van der Waals surface area contributed by atoms with Crippen LogP contribution in [-0.2, 0) is 10.0 Å². The van der Waals surface area contributed by atoms with Crippen molar-refractivity contribution in [3.63, 3.8) is 0 Å². The number of para-hydroxylation sites is 1. The summed E-state index contributed by atoms with van der Waals surface area (Å²) >= 11 is 0. The van der Waals surface area contributed by atoms with E-state index in [4.69, 9.17) is 0 Å².